The number of hydrogen-bond donors (Lipinski definition) is 1. The predicted molar refractivity (Wildman–Crippen MR) is 100 cm³/mol. The van der Waals surface area contributed by atoms with E-state index in [9.17, 15) is 4.79 Å². The van der Waals surface area contributed by atoms with E-state index in [0.29, 0.717) is 32.6 Å². The molecule has 134 valence electrons. The van der Waals surface area contributed by atoms with E-state index in [4.69, 9.17) is 9.47 Å². The molecule has 4 heteroatoms. The molecule has 0 aliphatic heterocycles. The number of hydrogen-bond acceptors (Lipinski definition) is 3. The van der Waals surface area contributed by atoms with E-state index >= 15 is 0 Å². The Bertz CT molecular complexity index is 697. The van der Waals surface area contributed by atoms with Gasteiger partial charge in [0.15, 0.2) is 11.5 Å². The first-order valence-electron chi connectivity index (χ1n) is 8.83. The normalized spacial score (nSPS) is 10.4. The Labute approximate surface area is 150 Å². The zero-order valence-electron chi connectivity index (χ0n) is 15.3. The molecule has 0 heterocycles. The first-order chi connectivity index (χ1) is 12.1. The second-order valence-corrected chi connectivity index (χ2v) is 5.91. The van der Waals surface area contributed by atoms with Crippen molar-refractivity contribution in [3.8, 4) is 11.5 Å². The van der Waals surface area contributed by atoms with Crippen LogP contribution < -0.4 is 14.8 Å². The average molecular weight is 341 g/mol. The molecule has 0 fully saturated rings. The molecule has 0 saturated carbocycles. The maximum atomic E-state index is 12.1. The van der Waals surface area contributed by atoms with Crippen LogP contribution in [0.4, 0.5) is 0 Å². The van der Waals surface area contributed by atoms with Crippen molar-refractivity contribution in [3.05, 3.63) is 59.2 Å². The smallest absolute Gasteiger partial charge is 0.220 e. The molecule has 0 radical (unpaired) electrons. The molecule has 0 unspecified atom stereocenters. The third-order valence-electron chi connectivity index (χ3n) is 3.82. The summed E-state index contributed by atoms with van der Waals surface area (Å²) >= 11 is 0. The summed E-state index contributed by atoms with van der Waals surface area (Å²) in [4.78, 5) is 12.1. The Morgan fingerprint density at radius 1 is 0.960 bits per heavy atom. The summed E-state index contributed by atoms with van der Waals surface area (Å²) in [5.41, 5.74) is 3.38. The molecule has 2 aromatic rings. The van der Waals surface area contributed by atoms with Crippen LogP contribution in [0, 0.1) is 6.92 Å². The average Bonchev–Trinajstić information content (AvgIpc) is 2.60. The van der Waals surface area contributed by atoms with Gasteiger partial charge in [-0.3, -0.25) is 4.79 Å². The van der Waals surface area contributed by atoms with Crippen LogP contribution in [0.25, 0.3) is 0 Å². The fourth-order valence-corrected chi connectivity index (χ4v) is 2.62. The van der Waals surface area contributed by atoms with Gasteiger partial charge in [-0.05, 0) is 50.5 Å². The summed E-state index contributed by atoms with van der Waals surface area (Å²) in [6.45, 7) is 7.69. The zero-order valence-corrected chi connectivity index (χ0v) is 15.3. The molecule has 0 spiro atoms. The highest BCUT2D eigenvalue weighted by molar-refractivity contribution is 5.76. The van der Waals surface area contributed by atoms with E-state index < -0.39 is 0 Å². The minimum absolute atomic E-state index is 0.0494. The lowest BCUT2D eigenvalue weighted by atomic mass is 10.1. The SMILES string of the molecule is CCOc1ccc(CCC(=O)NCc2cccc(C)c2)cc1OCC. The lowest BCUT2D eigenvalue weighted by molar-refractivity contribution is -0.121. The van der Waals surface area contributed by atoms with Gasteiger partial charge in [-0.1, -0.05) is 35.9 Å². The third kappa shape index (κ3) is 6.14. The van der Waals surface area contributed by atoms with Crippen LogP contribution in [0.2, 0.25) is 0 Å². The van der Waals surface area contributed by atoms with Gasteiger partial charge in [0.1, 0.15) is 0 Å². The number of carbonyl (C=O) groups excluding carboxylic acids is 1. The summed E-state index contributed by atoms with van der Waals surface area (Å²) in [5, 5.41) is 2.97. The molecule has 1 N–H and O–H groups in total. The highest BCUT2D eigenvalue weighted by Crippen LogP contribution is 2.28. The maximum absolute atomic E-state index is 12.1. The summed E-state index contributed by atoms with van der Waals surface area (Å²) < 4.78 is 11.2. The van der Waals surface area contributed by atoms with E-state index in [-0.39, 0.29) is 5.91 Å². The van der Waals surface area contributed by atoms with Gasteiger partial charge >= 0.3 is 0 Å². The molecule has 0 aromatic heterocycles. The molecule has 25 heavy (non-hydrogen) atoms. The van der Waals surface area contributed by atoms with E-state index in [0.717, 1.165) is 22.6 Å². The topological polar surface area (TPSA) is 47.6 Å². The maximum Gasteiger partial charge on any atom is 0.220 e. The lowest BCUT2D eigenvalue weighted by Crippen LogP contribution is -2.23. The van der Waals surface area contributed by atoms with Crippen LogP contribution in [-0.2, 0) is 17.8 Å². The second-order valence-electron chi connectivity index (χ2n) is 5.91. The first kappa shape index (κ1) is 18.8. The van der Waals surface area contributed by atoms with Gasteiger partial charge in [-0.25, -0.2) is 0 Å². The van der Waals surface area contributed by atoms with Gasteiger partial charge in [0.25, 0.3) is 0 Å². The fraction of sp³-hybridized carbons (Fsp3) is 0.381. The molecule has 1 amide bonds. The van der Waals surface area contributed by atoms with Crippen LogP contribution in [-0.4, -0.2) is 19.1 Å². The third-order valence-corrected chi connectivity index (χ3v) is 3.82. The van der Waals surface area contributed by atoms with Crippen LogP contribution in [0.5, 0.6) is 11.5 Å². The van der Waals surface area contributed by atoms with Gasteiger partial charge < -0.3 is 14.8 Å². The number of ether oxygens (including phenoxy) is 2. The lowest BCUT2D eigenvalue weighted by Gasteiger charge is -2.12. The van der Waals surface area contributed by atoms with Crippen molar-refractivity contribution >= 4 is 5.91 Å². The molecule has 0 saturated heterocycles. The largest absolute Gasteiger partial charge is 0.490 e. The molecular formula is C21H27NO3. The number of rotatable bonds is 9. The molecule has 0 aliphatic carbocycles. The van der Waals surface area contributed by atoms with Crippen molar-refractivity contribution in [2.45, 2.75) is 40.2 Å². The van der Waals surface area contributed by atoms with E-state index in [1.165, 1.54) is 5.56 Å². The Kier molecular flexibility index (Phi) is 7.33. The molecule has 4 nitrogen and oxygen atoms in total. The first-order valence-corrected chi connectivity index (χ1v) is 8.83. The Morgan fingerprint density at radius 2 is 1.72 bits per heavy atom. The van der Waals surface area contributed by atoms with Crippen LogP contribution in [0.15, 0.2) is 42.5 Å². The van der Waals surface area contributed by atoms with Crippen LogP contribution in [0.3, 0.4) is 0 Å². The van der Waals surface area contributed by atoms with Crippen molar-refractivity contribution < 1.29 is 14.3 Å². The summed E-state index contributed by atoms with van der Waals surface area (Å²) in [6.07, 6.45) is 1.12. The fourth-order valence-electron chi connectivity index (χ4n) is 2.62. The predicted octanol–water partition coefficient (Wildman–Crippen LogP) is 4.04. The zero-order chi connectivity index (χ0) is 18.1. The molecular weight excluding hydrogens is 314 g/mol. The van der Waals surface area contributed by atoms with Crippen molar-refractivity contribution in [3.63, 3.8) is 0 Å². The van der Waals surface area contributed by atoms with Crippen LogP contribution in [0.1, 0.15) is 37.0 Å². The number of nitrogens with one attached hydrogen (secondary N) is 1. The highest BCUT2D eigenvalue weighted by Gasteiger charge is 2.08. The number of amides is 1. The van der Waals surface area contributed by atoms with E-state index in [2.05, 4.69) is 11.4 Å². The summed E-state index contributed by atoms with van der Waals surface area (Å²) in [6, 6.07) is 14.0. The van der Waals surface area contributed by atoms with E-state index in [1.54, 1.807) is 0 Å². The Balaban J connectivity index is 1.87. The van der Waals surface area contributed by atoms with Gasteiger partial charge in [-0.2, -0.15) is 0 Å². The van der Waals surface area contributed by atoms with Crippen molar-refractivity contribution in [1.29, 1.82) is 0 Å². The second kappa shape index (κ2) is 9.72. The Morgan fingerprint density at radius 3 is 2.44 bits per heavy atom. The monoisotopic (exact) mass is 341 g/mol. The molecule has 0 aliphatic rings. The summed E-state index contributed by atoms with van der Waals surface area (Å²) in [5.74, 6) is 1.53. The van der Waals surface area contributed by atoms with Crippen molar-refractivity contribution in [2.24, 2.45) is 0 Å². The van der Waals surface area contributed by atoms with Gasteiger partial charge in [0, 0.05) is 13.0 Å². The number of aryl methyl sites for hydroxylation is 2. The molecule has 2 aromatic carbocycles. The molecule has 0 bridgehead atoms. The van der Waals surface area contributed by atoms with Crippen molar-refractivity contribution in [1.82, 2.24) is 5.32 Å². The molecule has 0 atom stereocenters. The van der Waals surface area contributed by atoms with E-state index in [1.807, 2.05) is 57.2 Å². The van der Waals surface area contributed by atoms with Gasteiger partial charge in [-0.15, -0.1) is 0 Å². The van der Waals surface area contributed by atoms with Gasteiger partial charge in [0.2, 0.25) is 5.91 Å². The highest BCUT2D eigenvalue weighted by atomic mass is 16.5. The number of benzene rings is 2. The quantitative estimate of drug-likeness (QED) is 0.749. The summed E-state index contributed by atoms with van der Waals surface area (Å²) in [7, 11) is 0. The Hall–Kier alpha value is -2.49. The molecule has 2 rings (SSSR count). The van der Waals surface area contributed by atoms with Crippen molar-refractivity contribution in [2.75, 3.05) is 13.2 Å². The number of carbonyl (C=O) groups is 1. The standard InChI is InChI=1S/C21H27NO3/c1-4-24-19-11-9-17(14-20(19)25-5-2)10-12-21(23)22-15-18-8-6-7-16(3)13-18/h6-9,11,13-14H,4-5,10,12,15H2,1-3H3,(H,22,23). The van der Waals surface area contributed by atoms with Crippen LogP contribution >= 0.6 is 0 Å². The minimum Gasteiger partial charge on any atom is -0.490 e. The minimum atomic E-state index is 0.0494. The van der Waals surface area contributed by atoms with Gasteiger partial charge in [0.05, 0.1) is 13.2 Å².